The lowest BCUT2D eigenvalue weighted by atomic mass is 10.1. The molecule has 20 heavy (non-hydrogen) atoms. The molecule has 0 N–H and O–H groups in total. The van der Waals surface area contributed by atoms with Crippen molar-refractivity contribution in [3.05, 3.63) is 52.2 Å². The lowest BCUT2D eigenvalue weighted by Crippen LogP contribution is -1.98. The summed E-state index contributed by atoms with van der Waals surface area (Å²) in [7, 11) is 0. The van der Waals surface area contributed by atoms with Gasteiger partial charge in [0.25, 0.3) is 0 Å². The standard InChI is InChI=1S/C15H11ClN4/c1-9-6-10(2)20-15(13(9)8-17)18-14(19-20)11-4-3-5-12(16)7-11/h3-7H,1-2H3. The van der Waals surface area contributed by atoms with Gasteiger partial charge in [0.1, 0.15) is 6.07 Å². The molecule has 0 amide bonds. The van der Waals surface area contributed by atoms with Crippen LogP contribution in [0.4, 0.5) is 0 Å². The van der Waals surface area contributed by atoms with E-state index < -0.39 is 0 Å². The van der Waals surface area contributed by atoms with E-state index in [0.29, 0.717) is 22.1 Å². The minimum Gasteiger partial charge on any atom is -0.216 e. The second kappa shape index (κ2) is 4.62. The Labute approximate surface area is 121 Å². The van der Waals surface area contributed by atoms with Crippen LogP contribution in [-0.4, -0.2) is 14.6 Å². The first kappa shape index (κ1) is 12.6. The summed E-state index contributed by atoms with van der Waals surface area (Å²) in [5.74, 6) is 0.567. The van der Waals surface area contributed by atoms with Crippen molar-refractivity contribution in [2.45, 2.75) is 13.8 Å². The number of fused-ring (bicyclic) bond motifs is 1. The van der Waals surface area contributed by atoms with Crippen LogP contribution in [-0.2, 0) is 0 Å². The van der Waals surface area contributed by atoms with Crippen molar-refractivity contribution in [2.75, 3.05) is 0 Å². The van der Waals surface area contributed by atoms with Gasteiger partial charge >= 0.3 is 0 Å². The molecule has 3 aromatic rings. The van der Waals surface area contributed by atoms with Crippen LogP contribution in [0.3, 0.4) is 0 Å². The molecule has 0 atom stereocenters. The van der Waals surface area contributed by atoms with E-state index in [0.717, 1.165) is 16.8 Å². The second-order valence-corrected chi connectivity index (χ2v) is 5.07. The number of aryl methyl sites for hydroxylation is 2. The highest BCUT2D eigenvalue weighted by Crippen LogP contribution is 2.23. The van der Waals surface area contributed by atoms with E-state index in [9.17, 15) is 5.26 Å². The minimum atomic E-state index is 0.552. The molecule has 3 rings (SSSR count). The molecule has 2 aromatic heterocycles. The highest BCUT2D eigenvalue weighted by molar-refractivity contribution is 6.30. The molecule has 98 valence electrons. The van der Waals surface area contributed by atoms with Gasteiger partial charge in [-0.2, -0.15) is 5.26 Å². The minimum absolute atomic E-state index is 0.552. The van der Waals surface area contributed by atoms with Crippen molar-refractivity contribution in [3.63, 3.8) is 0 Å². The fourth-order valence-corrected chi connectivity index (χ4v) is 2.42. The third kappa shape index (κ3) is 1.93. The number of aromatic nitrogens is 3. The van der Waals surface area contributed by atoms with E-state index in [-0.39, 0.29) is 0 Å². The smallest absolute Gasteiger partial charge is 0.182 e. The Kier molecular flexibility index (Phi) is 2.92. The number of nitriles is 1. The lowest BCUT2D eigenvalue weighted by Gasteiger charge is -2.02. The topological polar surface area (TPSA) is 54.0 Å². The third-order valence-corrected chi connectivity index (χ3v) is 3.41. The summed E-state index contributed by atoms with van der Waals surface area (Å²) in [6, 6.07) is 11.5. The Hall–Kier alpha value is -2.38. The van der Waals surface area contributed by atoms with Crippen LogP contribution in [0.15, 0.2) is 30.3 Å². The molecular formula is C15H11ClN4. The van der Waals surface area contributed by atoms with Crippen LogP contribution in [0.5, 0.6) is 0 Å². The molecule has 0 saturated carbocycles. The van der Waals surface area contributed by atoms with E-state index >= 15 is 0 Å². The zero-order valence-corrected chi connectivity index (χ0v) is 11.8. The van der Waals surface area contributed by atoms with E-state index in [1.165, 1.54) is 0 Å². The predicted octanol–water partition coefficient (Wildman–Crippen LogP) is 3.54. The molecule has 2 heterocycles. The molecule has 0 bridgehead atoms. The molecule has 0 fully saturated rings. The van der Waals surface area contributed by atoms with Crippen molar-refractivity contribution < 1.29 is 0 Å². The van der Waals surface area contributed by atoms with Gasteiger partial charge in [-0.1, -0.05) is 23.7 Å². The Morgan fingerprint density at radius 2 is 2.05 bits per heavy atom. The Bertz CT molecular complexity index is 858. The number of nitrogens with zero attached hydrogens (tertiary/aromatic N) is 4. The Morgan fingerprint density at radius 1 is 1.25 bits per heavy atom. The van der Waals surface area contributed by atoms with Crippen LogP contribution >= 0.6 is 11.6 Å². The van der Waals surface area contributed by atoms with Crippen LogP contribution < -0.4 is 0 Å². The van der Waals surface area contributed by atoms with Gasteiger partial charge in [-0.15, -0.1) is 5.10 Å². The normalized spacial score (nSPS) is 10.7. The molecule has 0 aliphatic heterocycles. The molecular weight excluding hydrogens is 272 g/mol. The van der Waals surface area contributed by atoms with Gasteiger partial charge in [-0.3, -0.25) is 0 Å². The quantitative estimate of drug-likeness (QED) is 0.686. The average molecular weight is 283 g/mol. The fourth-order valence-electron chi connectivity index (χ4n) is 2.23. The average Bonchev–Trinajstić information content (AvgIpc) is 2.84. The highest BCUT2D eigenvalue weighted by Gasteiger charge is 2.13. The van der Waals surface area contributed by atoms with Crippen molar-refractivity contribution in [1.29, 1.82) is 5.26 Å². The monoisotopic (exact) mass is 282 g/mol. The van der Waals surface area contributed by atoms with E-state index in [1.54, 1.807) is 10.6 Å². The number of halogens is 1. The molecule has 0 spiro atoms. The van der Waals surface area contributed by atoms with Crippen LogP contribution in [0.1, 0.15) is 16.8 Å². The molecule has 4 nitrogen and oxygen atoms in total. The number of pyridine rings is 1. The largest absolute Gasteiger partial charge is 0.216 e. The highest BCUT2D eigenvalue weighted by atomic mass is 35.5. The molecule has 5 heteroatoms. The maximum atomic E-state index is 9.28. The van der Waals surface area contributed by atoms with Gasteiger partial charge in [0.2, 0.25) is 0 Å². The third-order valence-electron chi connectivity index (χ3n) is 3.18. The van der Waals surface area contributed by atoms with Gasteiger partial charge in [0.05, 0.1) is 5.56 Å². The number of hydrogen-bond donors (Lipinski definition) is 0. The zero-order valence-electron chi connectivity index (χ0n) is 11.1. The van der Waals surface area contributed by atoms with Crippen molar-refractivity contribution in [2.24, 2.45) is 0 Å². The molecule has 0 unspecified atom stereocenters. The van der Waals surface area contributed by atoms with Crippen LogP contribution in [0, 0.1) is 25.2 Å². The molecule has 1 aromatic carbocycles. The zero-order chi connectivity index (χ0) is 14.3. The SMILES string of the molecule is Cc1cc(C)n2nc(-c3cccc(Cl)c3)nc2c1C#N. The maximum absolute atomic E-state index is 9.28. The van der Waals surface area contributed by atoms with Crippen LogP contribution in [0.2, 0.25) is 5.02 Å². The first-order valence-corrected chi connectivity index (χ1v) is 6.51. The predicted molar refractivity (Wildman–Crippen MR) is 77.6 cm³/mol. The summed E-state index contributed by atoms with van der Waals surface area (Å²) in [4.78, 5) is 4.49. The molecule has 0 saturated heterocycles. The van der Waals surface area contributed by atoms with E-state index in [2.05, 4.69) is 16.2 Å². The van der Waals surface area contributed by atoms with Gasteiger partial charge < -0.3 is 0 Å². The number of hydrogen-bond acceptors (Lipinski definition) is 3. The summed E-state index contributed by atoms with van der Waals surface area (Å²) in [5.41, 5.74) is 3.82. The first-order chi connectivity index (χ1) is 9.60. The Morgan fingerprint density at radius 3 is 2.75 bits per heavy atom. The maximum Gasteiger partial charge on any atom is 0.182 e. The molecule has 0 radical (unpaired) electrons. The van der Waals surface area contributed by atoms with Crippen molar-refractivity contribution in [3.8, 4) is 17.5 Å². The second-order valence-electron chi connectivity index (χ2n) is 4.64. The van der Waals surface area contributed by atoms with E-state index in [4.69, 9.17) is 11.6 Å². The Balaban J connectivity index is 2.31. The fraction of sp³-hybridized carbons (Fsp3) is 0.133. The van der Waals surface area contributed by atoms with E-state index in [1.807, 2.05) is 38.1 Å². The number of rotatable bonds is 1. The summed E-state index contributed by atoms with van der Waals surface area (Å²) in [6.45, 7) is 3.84. The lowest BCUT2D eigenvalue weighted by molar-refractivity contribution is 0.912. The summed E-state index contributed by atoms with van der Waals surface area (Å²) < 4.78 is 1.70. The summed E-state index contributed by atoms with van der Waals surface area (Å²) in [6.07, 6.45) is 0. The van der Waals surface area contributed by atoms with Crippen molar-refractivity contribution in [1.82, 2.24) is 14.6 Å². The number of benzene rings is 1. The van der Waals surface area contributed by atoms with Crippen LogP contribution in [0.25, 0.3) is 17.0 Å². The summed E-state index contributed by atoms with van der Waals surface area (Å²) >= 11 is 5.99. The van der Waals surface area contributed by atoms with Gasteiger partial charge in [0, 0.05) is 16.3 Å². The molecule has 0 aliphatic rings. The van der Waals surface area contributed by atoms with Gasteiger partial charge in [-0.05, 0) is 37.6 Å². The van der Waals surface area contributed by atoms with Gasteiger partial charge in [0.15, 0.2) is 11.5 Å². The van der Waals surface area contributed by atoms with Crippen molar-refractivity contribution >= 4 is 17.2 Å². The van der Waals surface area contributed by atoms with Gasteiger partial charge in [-0.25, -0.2) is 9.50 Å². The molecule has 0 aliphatic carbocycles. The first-order valence-electron chi connectivity index (χ1n) is 6.13. The summed E-state index contributed by atoms with van der Waals surface area (Å²) in [5, 5.41) is 14.4.